The van der Waals surface area contributed by atoms with Crippen molar-refractivity contribution in [3.8, 4) is 11.6 Å². The molecule has 1 aromatic carbocycles. The molecule has 0 saturated heterocycles. The maximum atomic E-state index is 13.2. The first-order valence-electron chi connectivity index (χ1n) is 7.64. The summed E-state index contributed by atoms with van der Waals surface area (Å²) in [6, 6.07) is 4.35. The van der Waals surface area contributed by atoms with Crippen molar-refractivity contribution in [1.29, 1.82) is 0 Å². The quantitative estimate of drug-likeness (QED) is 0.675. The average Bonchev–Trinajstić information content (AvgIpc) is 3.02. The number of nitrogens with zero attached hydrogens (tertiary/aromatic N) is 4. The highest BCUT2D eigenvalue weighted by molar-refractivity contribution is 7.88. The van der Waals surface area contributed by atoms with Crippen LogP contribution in [0.4, 0.5) is 8.78 Å². The number of halogens is 2. The van der Waals surface area contributed by atoms with Gasteiger partial charge in [-0.05, 0) is 23.8 Å². The van der Waals surface area contributed by atoms with Gasteiger partial charge in [0.1, 0.15) is 11.6 Å². The van der Waals surface area contributed by atoms with Gasteiger partial charge >= 0.3 is 0 Å². The Hall–Kier alpha value is -2.72. The van der Waals surface area contributed by atoms with E-state index in [1.807, 2.05) is 0 Å². The van der Waals surface area contributed by atoms with Gasteiger partial charge in [-0.25, -0.2) is 36.9 Å². The van der Waals surface area contributed by atoms with Crippen molar-refractivity contribution < 1.29 is 17.2 Å². The topological polar surface area (TPSA) is 89.8 Å². The van der Waals surface area contributed by atoms with Crippen molar-refractivity contribution in [2.45, 2.75) is 12.3 Å². The summed E-state index contributed by atoms with van der Waals surface area (Å²) in [5.74, 6) is -1.21. The standard InChI is InChI=1S/C16H15F2N5O2S/c17-13-8-12(9-14(18)10-13)11-26(24,25)22-5-7-23-6-4-21-16(23)15-19-2-1-3-20-15/h1-4,6,8-10,22H,5,7,11H2. The molecule has 0 amide bonds. The van der Waals surface area contributed by atoms with E-state index in [-0.39, 0.29) is 12.1 Å². The van der Waals surface area contributed by atoms with E-state index in [9.17, 15) is 17.2 Å². The van der Waals surface area contributed by atoms with E-state index in [1.54, 1.807) is 35.4 Å². The Morgan fingerprint density at radius 2 is 1.69 bits per heavy atom. The van der Waals surface area contributed by atoms with Gasteiger partial charge in [-0.2, -0.15) is 0 Å². The van der Waals surface area contributed by atoms with Gasteiger partial charge in [-0.3, -0.25) is 0 Å². The molecule has 136 valence electrons. The van der Waals surface area contributed by atoms with Crippen LogP contribution in [-0.4, -0.2) is 34.5 Å². The summed E-state index contributed by atoms with van der Waals surface area (Å²) in [6.45, 7) is 0.376. The van der Waals surface area contributed by atoms with E-state index >= 15 is 0 Å². The molecule has 0 aliphatic rings. The van der Waals surface area contributed by atoms with E-state index < -0.39 is 27.4 Å². The van der Waals surface area contributed by atoms with E-state index in [0.717, 1.165) is 12.1 Å². The van der Waals surface area contributed by atoms with Crippen molar-refractivity contribution in [2.24, 2.45) is 0 Å². The van der Waals surface area contributed by atoms with Crippen LogP contribution in [-0.2, 0) is 22.3 Å². The normalized spacial score (nSPS) is 11.6. The zero-order chi connectivity index (χ0) is 18.6. The fraction of sp³-hybridized carbons (Fsp3) is 0.188. The first-order chi connectivity index (χ1) is 12.4. The van der Waals surface area contributed by atoms with E-state index in [0.29, 0.717) is 24.3 Å². The summed E-state index contributed by atoms with van der Waals surface area (Å²) in [7, 11) is -3.75. The SMILES string of the molecule is O=S(=O)(Cc1cc(F)cc(F)c1)NCCn1ccnc1-c1ncccn1. The molecule has 0 atom stereocenters. The smallest absolute Gasteiger partial charge is 0.215 e. The zero-order valence-electron chi connectivity index (χ0n) is 13.5. The molecule has 26 heavy (non-hydrogen) atoms. The highest BCUT2D eigenvalue weighted by atomic mass is 32.2. The fourth-order valence-electron chi connectivity index (χ4n) is 2.40. The van der Waals surface area contributed by atoms with Gasteiger partial charge < -0.3 is 4.57 Å². The van der Waals surface area contributed by atoms with E-state index in [1.165, 1.54) is 0 Å². The lowest BCUT2D eigenvalue weighted by molar-refractivity contribution is 0.569. The van der Waals surface area contributed by atoms with Gasteiger partial charge in [0.15, 0.2) is 11.6 Å². The average molecular weight is 379 g/mol. The number of rotatable bonds is 7. The molecule has 3 aromatic rings. The molecule has 0 spiro atoms. The summed E-state index contributed by atoms with van der Waals surface area (Å²) < 4.78 is 54.6. The summed E-state index contributed by atoms with van der Waals surface area (Å²) in [5.41, 5.74) is 0.0380. The lowest BCUT2D eigenvalue weighted by Gasteiger charge is -2.09. The molecular formula is C16H15F2N5O2S. The lowest BCUT2D eigenvalue weighted by atomic mass is 10.2. The number of nitrogens with one attached hydrogen (secondary N) is 1. The van der Waals surface area contributed by atoms with E-state index in [4.69, 9.17) is 0 Å². The fourth-order valence-corrected chi connectivity index (χ4v) is 3.51. The largest absolute Gasteiger partial charge is 0.327 e. The van der Waals surface area contributed by atoms with Gasteiger partial charge in [0.2, 0.25) is 10.0 Å². The molecule has 3 rings (SSSR count). The monoisotopic (exact) mass is 379 g/mol. The molecule has 2 aromatic heterocycles. The maximum absolute atomic E-state index is 13.2. The molecular weight excluding hydrogens is 364 g/mol. The molecule has 2 heterocycles. The van der Waals surface area contributed by atoms with Crippen LogP contribution in [0.25, 0.3) is 11.6 Å². The van der Waals surface area contributed by atoms with Gasteiger partial charge in [-0.1, -0.05) is 0 Å². The van der Waals surface area contributed by atoms with Crippen LogP contribution in [0.5, 0.6) is 0 Å². The maximum Gasteiger partial charge on any atom is 0.215 e. The van der Waals surface area contributed by atoms with Crippen molar-refractivity contribution in [3.05, 3.63) is 66.3 Å². The first kappa shape index (κ1) is 18.1. The molecule has 0 fully saturated rings. The molecule has 0 bridgehead atoms. The van der Waals surface area contributed by atoms with Crippen molar-refractivity contribution >= 4 is 10.0 Å². The molecule has 0 radical (unpaired) electrons. The molecule has 0 unspecified atom stereocenters. The van der Waals surface area contributed by atoms with E-state index in [2.05, 4.69) is 19.7 Å². The second-order valence-electron chi connectivity index (χ2n) is 5.45. The lowest BCUT2D eigenvalue weighted by Crippen LogP contribution is -2.28. The van der Waals surface area contributed by atoms with Crippen molar-refractivity contribution in [1.82, 2.24) is 24.2 Å². The molecule has 10 heteroatoms. The minimum Gasteiger partial charge on any atom is -0.327 e. The first-order valence-corrected chi connectivity index (χ1v) is 9.29. The van der Waals surface area contributed by atoms with Crippen LogP contribution in [0.1, 0.15) is 5.56 Å². The molecule has 1 N–H and O–H groups in total. The minimum absolute atomic E-state index is 0.0380. The highest BCUT2D eigenvalue weighted by Crippen LogP contribution is 2.12. The third-order valence-electron chi connectivity index (χ3n) is 3.43. The number of hydrogen-bond acceptors (Lipinski definition) is 5. The Kier molecular flexibility index (Phi) is 5.33. The zero-order valence-corrected chi connectivity index (χ0v) is 14.3. The number of aromatic nitrogens is 4. The number of hydrogen-bond donors (Lipinski definition) is 1. The predicted octanol–water partition coefficient (Wildman–Crippen LogP) is 1.74. The van der Waals surface area contributed by atoms with Crippen LogP contribution in [0, 0.1) is 11.6 Å². The third kappa shape index (κ3) is 4.67. The Morgan fingerprint density at radius 1 is 1.00 bits per heavy atom. The summed E-state index contributed by atoms with van der Waals surface area (Å²) in [5, 5.41) is 0. The second kappa shape index (κ2) is 7.67. The van der Waals surface area contributed by atoms with Crippen LogP contribution in [0.2, 0.25) is 0 Å². The Balaban J connectivity index is 1.62. The summed E-state index contributed by atoms with van der Waals surface area (Å²) in [4.78, 5) is 12.4. The Bertz CT molecular complexity index is 973. The number of imidazole rings is 1. The van der Waals surface area contributed by atoms with Crippen LogP contribution in [0.3, 0.4) is 0 Å². The van der Waals surface area contributed by atoms with Crippen molar-refractivity contribution in [2.75, 3.05) is 6.54 Å². The van der Waals surface area contributed by atoms with Gasteiger partial charge in [0, 0.05) is 43.9 Å². The Labute approximate surface area is 148 Å². The van der Waals surface area contributed by atoms with Crippen LogP contribution in [0.15, 0.2) is 49.1 Å². The molecule has 7 nitrogen and oxygen atoms in total. The minimum atomic E-state index is -3.75. The molecule has 0 aliphatic carbocycles. The number of sulfonamides is 1. The van der Waals surface area contributed by atoms with Gasteiger partial charge in [-0.15, -0.1) is 0 Å². The molecule has 0 saturated carbocycles. The summed E-state index contributed by atoms with van der Waals surface area (Å²) in [6.07, 6.45) is 6.42. The highest BCUT2D eigenvalue weighted by Gasteiger charge is 2.14. The third-order valence-corrected chi connectivity index (χ3v) is 4.79. The number of benzene rings is 1. The predicted molar refractivity (Wildman–Crippen MR) is 90.2 cm³/mol. The van der Waals surface area contributed by atoms with Crippen molar-refractivity contribution in [3.63, 3.8) is 0 Å². The second-order valence-corrected chi connectivity index (χ2v) is 7.25. The van der Waals surface area contributed by atoms with Gasteiger partial charge in [0.05, 0.1) is 5.75 Å². The summed E-state index contributed by atoms with van der Waals surface area (Å²) >= 11 is 0. The van der Waals surface area contributed by atoms with Gasteiger partial charge in [0.25, 0.3) is 0 Å². The van der Waals surface area contributed by atoms with Crippen LogP contribution >= 0.6 is 0 Å². The molecule has 0 aliphatic heterocycles. The Morgan fingerprint density at radius 3 is 2.38 bits per heavy atom. The van der Waals surface area contributed by atoms with Crippen LogP contribution < -0.4 is 4.72 Å².